The Balaban J connectivity index is 1.67. The minimum atomic E-state index is -4.52. The van der Waals surface area contributed by atoms with E-state index >= 15 is 0 Å². The van der Waals surface area contributed by atoms with E-state index in [0.717, 1.165) is 12.1 Å². The van der Waals surface area contributed by atoms with Gasteiger partial charge in [-0.05, 0) is 76.1 Å². The monoisotopic (exact) mass is 633 g/mol. The maximum atomic E-state index is 14.5. The summed E-state index contributed by atoms with van der Waals surface area (Å²) in [4.78, 5) is 36.0. The van der Waals surface area contributed by atoms with Gasteiger partial charge >= 0.3 is 17.9 Å². The van der Waals surface area contributed by atoms with E-state index in [2.05, 4.69) is 0 Å². The van der Waals surface area contributed by atoms with Crippen LogP contribution >= 0.6 is 45.2 Å². The molecule has 1 heterocycles. The number of benzene rings is 1. The lowest BCUT2D eigenvalue weighted by molar-refractivity contribution is -0.337. The summed E-state index contributed by atoms with van der Waals surface area (Å²) in [6, 6.07) is 2.24. The van der Waals surface area contributed by atoms with E-state index in [1.165, 1.54) is 0 Å². The van der Waals surface area contributed by atoms with Crippen LogP contribution in [0, 0.1) is 30.8 Å². The fourth-order valence-electron chi connectivity index (χ4n) is 4.71. The topological polar surface area (TPSA) is 113 Å². The molecule has 6 unspecified atom stereocenters. The van der Waals surface area contributed by atoms with E-state index in [1.807, 2.05) is 0 Å². The number of alkyl halides is 2. The van der Waals surface area contributed by atoms with Crippen molar-refractivity contribution in [2.75, 3.05) is 0 Å². The summed E-state index contributed by atoms with van der Waals surface area (Å²) < 4.78 is 39.6. The number of phenols is 1. The Morgan fingerprint density at radius 3 is 2.48 bits per heavy atom. The number of hydrogen-bond acceptors (Lipinski definition) is 7. The Hall–Kier alpha value is -1.25. The van der Waals surface area contributed by atoms with E-state index in [0.29, 0.717) is 12.8 Å². The van der Waals surface area contributed by atoms with E-state index in [4.69, 9.17) is 9.47 Å². The summed E-state index contributed by atoms with van der Waals surface area (Å²) in [5.41, 5.74) is -0.297. The number of ether oxygens (including phenoxy) is 2. The zero-order valence-corrected chi connectivity index (χ0v) is 18.8. The quantitative estimate of drug-likeness (QED) is 0.389. The Bertz CT molecular complexity index is 896. The van der Waals surface area contributed by atoms with E-state index in [1.54, 1.807) is 45.2 Å². The Morgan fingerprint density at radius 1 is 1.28 bits per heavy atom. The van der Waals surface area contributed by atoms with Crippen LogP contribution in [0.5, 0.6) is 5.75 Å². The largest absolute Gasteiger partial charge is 0.544 e. The van der Waals surface area contributed by atoms with Crippen LogP contribution < -0.4 is 5.11 Å². The molecule has 0 amide bonds. The molecular weight excluding hydrogens is 620 g/mol. The van der Waals surface area contributed by atoms with Crippen molar-refractivity contribution in [1.82, 2.24) is 0 Å². The van der Waals surface area contributed by atoms with Gasteiger partial charge in [0.1, 0.15) is 17.8 Å². The zero-order valence-electron chi connectivity index (χ0n) is 14.4. The predicted molar refractivity (Wildman–Crippen MR) is 105 cm³/mol. The zero-order chi connectivity index (χ0) is 21.2. The van der Waals surface area contributed by atoms with Crippen molar-refractivity contribution in [1.29, 1.82) is 0 Å². The molecule has 6 atom stereocenters. The summed E-state index contributed by atoms with van der Waals surface area (Å²) >= 11 is 3.39. The van der Waals surface area contributed by atoms with Crippen LogP contribution in [-0.4, -0.2) is 35.0 Å². The third-order valence-electron chi connectivity index (χ3n) is 5.93. The molecule has 7 nitrogen and oxygen atoms in total. The number of aromatic hydroxyl groups is 1. The van der Waals surface area contributed by atoms with Gasteiger partial charge < -0.3 is 24.5 Å². The highest BCUT2D eigenvalue weighted by molar-refractivity contribution is 14.1. The van der Waals surface area contributed by atoms with Gasteiger partial charge in [-0.1, -0.05) is 0 Å². The summed E-state index contributed by atoms with van der Waals surface area (Å²) in [6.07, 6.45) is -1.68. The standard InChI is InChI=1S/C18H14F2I2O7/c19-18(20,17(26)27)14(6-2-8(21)13(23)9(22)3-6)29-15(24)11-5-1-7-10(4-5)28-16(25)12(7)11/h2-3,5,7,10-12,14,23H,1,4H2,(H,26,27)/p-1. The molecule has 0 aromatic heterocycles. The number of carboxylic acid groups (broad SMARTS) is 1. The molecule has 2 saturated carbocycles. The number of phenolic OH excluding ortho intramolecular Hbond substituents is 1. The number of carboxylic acids is 1. The minimum absolute atomic E-state index is 0.138. The van der Waals surface area contributed by atoms with Gasteiger partial charge in [-0.25, -0.2) is 0 Å². The van der Waals surface area contributed by atoms with Crippen molar-refractivity contribution in [2.24, 2.45) is 23.7 Å². The van der Waals surface area contributed by atoms with Gasteiger partial charge in [-0.2, -0.15) is 8.78 Å². The van der Waals surface area contributed by atoms with Gasteiger partial charge in [0.15, 0.2) is 6.10 Å². The number of carbonyl (C=O) groups is 3. The van der Waals surface area contributed by atoms with E-state index < -0.39 is 41.8 Å². The van der Waals surface area contributed by atoms with Crippen molar-refractivity contribution in [3.63, 3.8) is 0 Å². The van der Waals surface area contributed by atoms with Crippen molar-refractivity contribution in [3.8, 4) is 5.75 Å². The molecule has 2 bridgehead atoms. The molecule has 0 radical (unpaired) electrons. The molecule has 1 aromatic carbocycles. The second-order valence-corrected chi connectivity index (χ2v) is 9.81. The number of aliphatic carboxylic acids is 1. The summed E-state index contributed by atoms with van der Waals surface area (Å²) in [5, 5.41) is 21.0. The second-order valence-electron chi connectivity index (χ2n) is 7.48. The molecule has 3 aliphatic rings. The second kappa shape index (κ2) is 7.17. The molecule has 1 N–H and O–H groups in total. The molecule has 29 heavy (non-hydrogen) atoms. The first kappa shape index (κ1) is 21.0. The number of rotatable bonds is 5. The number of esters is 2. The number of carbonyl (C=O) groups excluding carboxylic acids is 3. The molecule has 156 valence electrons. The SMILES string of the molecule is O=C(OC(c1cc(I)c(O)c(I)c1)C(F)(F)C(=O)[O-])C1C2CC3OC(=O)C1C3C2. The normalized spacial score (nSPS) is 30.9. The third-order valence-corrected chi connectivity index (χ3v) is 7.58. The highest BCUT2D eigenvalue weighted by Gasteiger charge is 2.65. The number of halogens is 4. The fraction of sp³-hybridized carbons (Fsp3) is 0.500. The molecule has 1 aliphatic heterocycles. The highest BCUT2D eigenvalue weighted by Crippen LogP contribution is 2.58. The number of fused-ring (bicyclic) bond motifs is 1. The van der Waals surface area contributed by atoms with Crippen LogP contribution in [0.4, 0.5) is 8.78 Å². The van der Waals surface area contributed by atoms with Gasteiger partial charge in [-0.3, -0.25) is 9.59 Å². The molecule has 1 aromatic rings. The van der Waals surface area contributed by atoms with Crippen molar-refractivity contribution < 1.29 is 42.9 Å². The van der Waals surface area contributed by atoms with Crippen LogP contribution in [0.3, 0.4) is 0 Å². The van der Waals surface area contributed by atoms with Gasteiger partial charge in [-0.15, -0.1) is 0 Å². The van der Waals surface area contributed by atoms with Crippen LogP contribution in [0.2, 0.25) is 0 Å². The van der Waals surface area contributed by atoms with Crippen LogP contribution in [0.15, 0.2) is 12.1 Å². The Morgan fingerprint density at radius 2 is 1.90 bits per heavy atom. The molecule has 3 fully saturated rings. The Labute approximate surface area is 190 Å². The number of hydrogen-bond donors (Lipinski definition) is 1. The molecule has 0 spiro atoms. The summed E-state index contributed by atoms with van der Waals surface area (Å²) in [6.45, 7) is 0. The maximum absolute atomic E-state index is 14.5. The highest BCUT2D eigenvalue weighted by atomic mass is 127. The average molecular weight is 633 g/mol. The van der Waals surface area contributed by atoms with Crippen LogP contribution in [0.1, 0.15) is 24.5 Å². The van der Waals surface area contributed by atoms with Crippen molar-refractivity contribution in [3.05, 3.63) is 24.8 Å². The Kier molecular flexibility index (Phi) is 5.19. The van der Waals surface area contributed by atoms with Gasteiger partial charge in [0.05, 0.1) is 19.0 Å². The van der Waals surface area contributed by atoms with E-state index in [-0.39, 0.29) is 36.4 Å². The van der Waals surface area contributed by atoms with Crippen LogP contribution in [-0.2, 0) is 23.9 Å². The van der Waals surface area contributed by atoms with Gasteiger partial charge in [0.2, 0.25) is 0 Å². The molecule has 2 aliphatic carbocycles. The minimum Gasteiger partial charge on any atom is -0.544 e. The van der Waals surface area contributed by atoms with Gasteiger partial charge in [0, 0.05) is 11.5 Å². The first-order chi connectivity index (χ1) is 13.5. The molecule has 1 saturated heterocycles. The molecule has 4 rings (SSSR count). The lowest BCUT2D eigenvalue weighted by Crippen LogP contribution is -2.48. The fourth-order valence-corrected chi connectivity index (χ4v) is 6.53. The molecule has 11 heteroatoms. The summed E-state index contributed by atoms with van der Waals surface area (Å²) in [5.74, 6) is -11.0. The van der Waals surface area contributed by atoms with Crippen molar-refractivity contribution in [2.45, 2.75) is 31.0 Å². The average Bonchev–Trinajstić information content (AvgIpc) is 3.25. The van der Waals surface area contributed by atoms with Crippen LogP contribution in [0.25, 0.3) is 0 Å². The molecular formula is C18H13F2I2O7-. The maximum Gasteiger partial charge on any atom is 0.327 e. The third kappa shape index (κ3) is 3.27. The van der Waals surface area contributed by atoms with Crippen molar-refractivity contribution >= 4 is 63.1 Å². The summed E-state index contributed by atoms with van der Waals surface area (Å²) in [7, 11) is 0. The lowest BCUT2D eigenvalue weighted by atomic mass is 9.80. The first-order valence-corrected chi connectivity index (χ1v) is 10.9. The van der Waals surface area contributed by atoms with E-state index in [9.17, 15) is 33.4 Å². The van der Waals surface area contributed by atoms with Gasteiger partial charge in [0.25, 0.3) is 0 Å². The lowest BCUT2D eigenvalue weighted by Gasteiger charge is -2.31. The predicted octanol–water partition coefficient (Wildman–Crippen LogP) is 1.77. The smallest absolute Gasteiger partial charge is 0.327 e. The first-order valence-electron chi connectivity index (χ1n) is 8.70.